The van der Waals surface area contributed by atoms with E-state index in [1.54, 1.807) is 11.3 Å². The molecule has 2 amide bonds. The average Bonchev–Trinajstić information content (AvgIpc) is 3.46. The van der Waals surface area contributed by atoms with Crippen LogP contribution in [0.2, 0.25) is 0 Å². The second-order valence-electron chi connectivity index (χ2n) is 8.43. The Labute approximate surface area is 192 Å². The van der Waals surface area contributed by atoms with Crippen molar-refractivity contribution in [2.45, 2.75) is 25.4 Å². The molecule has 4 rings (SSSR count). The van der Waals surface area contributed by atoms with Crippen LogP contribution in [0, 0.1) is 0 Å². The number of carbonyl (C=O) groups excluding carboxylic acids is 2. The van der Waals surface area contributed by atoms with Crippen LogP contribution < -0.4 is 10.6 Å². The van der Waals surface area contributed by atoms with Gasteiger partial charge in [-0.05, 0) is 43.5 Å². The first-order chi connectivity index (χ1) is 15.5. The molecule has 3 heterocycles. The van der Waals surface area contributed by atoms with E-state index in [-0.39, 0.29) is 12.1 Å². The highest BCUT2D eigenvalue weighted by Crippen LogP contribution is 2.29. The number of H-pyrrole nitrogens is 1. The summed E-state index contributed by atoms with van der Waals surface area (Å²) in [6.07, 6.45) is 2.62. The number of thiophene rings is 1. The summed E-state index contributed by atoms with van der Waals surface area (Å²) in [5.41, 5.74) is 2.20. The van der Waals surface area contributed by atoms with E-state index in [1.165, 1.54) is 4.88 Å². The summed E-state index contributed by atoms with van der Waals surface area (Å²) in [5, 5.41) is 8.92. The van der Waals surface area contributed by atoms with Crippen LogP contribution in [-0.4, -0.2) is 72.4 Å². The molecule has 0 aliphatic carbocycles. The summed E-state index contributed by atoms with van der Waals surface area (Å²) >= 11 is 1.69. The molecule has 8 heteroatoms. The maximum atomic E-state index is 12.6. The number of amides is 2. The first-order valence-corrected chi connectivity index (χ1v) is 12.0. The van der Waals surface area contributed by atoms with Gasteiger partial charge in [0.1, 0.15) is 0 Å². The van der Waals surface area contributed by atoms with Gasteiger partial charge in [-0.25, -0.2) is 0 Å². The number of hydrogen-bond donors (Lipinski definition) is 3. The fourth-order valence-corrected chi connectivity index (χ4v) is 5.35. The summed E-state index contributed by atoms with van der Waals surface area (Å²) in [5.74, 6) is -1.16. The standard InChI is InChI=1S/C24H31N5O2S/c1-17(22(21-8-5-15-32-21)29-13-11-28(2)12-14-29)27-24(31)23(30)25-10-9-18-16-26-20-7-4-3-6-19(18)20/h3-8,15-17,22,26H,9-14H2,1-2H3,(H,25,30)(H,27,31)/t17-,22-/m0/s1. The molecule has 0 saturated carbocycles. The Bertz CT molecular complexity index is 1040. The van der Waals surface area contributed by atoms with Crippen LogP contribution in [0.5, 0.6) is 0 Å². The van der Waals surface area contributed by atoms with Gasteiger partial charge in [-0.3, -0.25) is 14.5 Å². The second-order valence-corrected chi connectivity index (χ2v) is 9.41. The van der Waals surface area contributed by atoms with Crippen molar-refractivity contribution in [2.75, 3.05) is 39.8 Å². The molecule has 3 N–H and O–H groups in total. The molecular formula is C24H31N5O2S. The number of aromatic nitrogens is 1. The van der Waals surface area contributed by atoms with Gasteiger partial charge in [0.05, 0.1) is 6.04 Å². The molecule has 0 spiro atoms. The molecule has 1 saturated heterocycles. The quantitative estimate of drug-likeness (QED) is 0.480. The molecule has 0 bridgehead atoms. The zero-order valence-corrected chi connectivity index (χ0v) is 19.5. The zero-order valence-electron chi connectivity index (χ0n) is 18.6. The van der Waals surface area contributed by atoms with Crippen molar-refractivity contribution in [3.05, 3.63) is 58.4 Å². The molecule has 170 valence electrons. The number of para-hydroxylation sites is 1. The Hall–Kier alpha value is -2.68. The number of nitrogens with zero attached hydrogens (tertiary/aromatic N) is 2. The number of carbonyl (C=O) groups is 2. The first kappa shape index (κ1) is 22.5. The van der Waals surface area contributed by atoms with Crippen LogP contribution in [-0.2, 0) is 16.0 Å². The minimum atomic E-state index is -0.583. The molecule has 3 aromatic rings. The SMILES string of the molecule is C[C@H](NC(=O)C(=O)NCCc1c[nH]c2ccccc12)[C@@H](c1cccs1)N1CCN(C)CC1. The van der Waals surface area contributed by atoms with Crippen molar-refractivity contribution in [3.8, 4) is 0 Å². The lowest BCUT2D eigenvalue weighted by molar-refractivity contribution is -0.139. The Balaban J connectivity index is 1.32. The van der Waals surface area contributed by atoms with Gasteiger partial charge in [-0.1, -0.05) is 24.3 Å². The highest BCUT2D eigenvalue weighted by molar-refractivity contribution is 7.10. The molecule has 7 nitrogen and oxygen atoms in total. The summed E-state index contributed by atoms with van der Waals surface area (Å²) in [4.78, 5) is 34.2. The van der Waals surface area contributed by atoms with Gasteiger partial charge < -0.3 is 20.5 Å². The monoisotopic (exact) mass is 453 g/mol. The smallest absolute Gasteiger partial charge is 0.309 e. The molecule has 2 aromatic heterocycles. The van der Waals surface area contributed by atoms with Crippen LogP contribution in [0.15, 0.2) is 48.0 Å². The Morgan fingerprint density at radius 3 is 2.62 bits per heavy atom. The molecule has 1 aliphatic rings. The minimum Gasteiger partial charge on any atom is -0.361 e. The maximum absolute atomic E-state index is 12.6. The van der Waals surface area contributed by atoms with E-state index in [0.29, 0.717) is 13.0 Å². The van der Waals surface area contributed by atoms with E-state index in [4.69, 9.17) is 0 Å². The third-order valence-corrected chi connectivity index (χ3v) is 7.10. The van der Waals surface area contributed by atoms with Gasteiger partial charge in [0, 0.05) is 60.7 Å². The van der Waals surface area contributed by atoms with Gasteiger partial charge >= 0.3 is 11.8 Å². The predicted molar refractivity (Wildman–Crippen MR) is 129 cm³/mol. The average molecular weight is 454 g/mol. The highest BCUT2D eigenvalue weighted by Gasteiger charge is 2.31. The van der Waals surface area contributed by atoms with E-state index in [0.717, 1.165) is 42.6 Å². The number of hydrogen-bond acceptors (Lipinski definition) is 5. The van der Waals surface area contributed by atoms with Crippen molar-refractivity contribution < 1.29 is 9.59 Å². The zero-order chi connectivity index (χ0) is 22.5. The van der Waals surface area contributed by atoms with E-state index in [9.17, 15) is 9.59 Å². The fourth-order valence-electron chi connectivity index (χ4n) is 4.38. The number of benzene rings is 1. The maximum Gasteiger partial charge on any atom is 0.309 e. The topological polar surface area (TPSA) is 80.5 Å². The fraction of sp³-hybridized carbons (Fsp3) is 0.417. The van der Waals surface area contributed by atoms with Crippen LogP contribution >= 0.6 is 11.3 Å². The van der Waals surface area contributed by atoms with E-state index in [1.807, 2.05) is 37.4 Å². The number of fused-ring (bicyclic) bond motifs is 1. The van der Waals surface area contributed by atoms with Crippen molar-refractivity contribution in [1.82, 2.24) is 25.4 Å². The van der Waals surface area contributed by atoms with Crippen LogP contribution in [0.3, 0.4) is 0 Å². The molecule has 1 aromatic carbocycles. The second kappa shape index (κ2) is 10.3. The molecule has 32 heavy (non-hydrogen) atoms. The summed E-state index contributed by atoms with van der Waals surface area (Å²) in [6, 6.07) is 12.1. The van der Waals surface area contributed by atoms with Crippen LogP contribution in [0.25, 0.3) is 10.9 Å². The van der Waals surface area contributed by atoms with Gasteiger partial charge in [0.15, 0.2) is 0 Å². The van der Waals surface area contributed by atoms with Crippen molar-refractivity contribution >= 4 is 34.1 Å². The third kappa shape index (κ3) is 5.20. The molecule has 1 aliphatic heterocycles. The van der Waals surface area contributed by atoms with Gasteiger partial charge in [0.2, 0.25) is 0 Å². The molecule has 1 fully saturated rings. The van der Waals surface area contributed by atoms with E-state index >= 15 is 0 Å². The lowest BCUT2D eigenvalue weighted by Gasteiger charge is -2.40. The first-order valence-electron chi connectivity index (χ1n) is 11.1. The summed E-state index contributed by atoms with van der Waals surface area (Å²) in [6.45, 7) is 6.27. The van der Waals surface area contributed by atoms with E-state index in [2.05, 4.69) is 50.0 Å². The molecule has 2 atom stereocenters. The summed E-state index contributed by atoms with van der Waals surface area (Å²) < 4.78 is 0. The van der Waals surface area contributed by atoms with Crippen molar-refractivity contribution in [1.29, 1.82) is 0 Å². The highest BCUT2D eigenvalue weighted by atomic mass is 32.1. The number of piperazine rings is 1. The number of nitrogens with one attached hydrogen (secondary N) is 3. The Morgan fingerprint density at radius 2 is 1.88 bits per heavy atom. The Kier molecular flexibility index (Phi) is 7.24. The van der Waals surface area contributed by atoms with Gasteiger partial charge in [0.25, 0.3) is 0 Å². The number of aromatic amines is 1. The lowest BCUT2D eigenvalue weighted by Crippen LogP contribution is -2.53. The van der Waals surface area contributed by atoms with E-state index < -0.39 is 11.8 Å². The van der Waals surface area contributed by atoms with Crippen molar-refractivity contribution in [2.24, 2.45) is 0 Å². The van der Waals surface area contributed by atoms with Crippen molar-refractivity contribution in [3.63, 3.8) is 0 Å². The normalized spacial score (nSPS) is 17.2. The Morgan fingerprint density at radius 1 is 1.09 bits per heavy atom. The molecular weight excluding hydrogens is 422 g/mol. The minimum absolute atomic E-state index is 0.0617. The molecule has 0 unspecified atom stereocenters. The lowest BCUT2D eigenvalue weighted by atomic mass is 10.0. The van der Waals surface area contributed by atoms with Gasteiger partial charge in [-0.15, -0.1) is 11.3 Å². The number of rotatable bonds is 7. The number of likely N-dealkylation sites (N-methyl/N-ethyl adjacent to an activating group) is 1. The summed E-state index contributed by atoms with van der Waals surface area (Å²) in [7, 11) is 2.13. The predicted octanol–water partition coefficient (Wildman–Crippen LogP) is 2.38. The third-order valence-electron chi connectivity index (χ3n) is 6.16. The van der Waals surface area contributed by atoms with Crippen LogP contribution in [0.4, 0.5) is 0 Å². The largest absolute Gasteiger partial charge is 0.361 e. The molecule has 0 radical (unpaired) electrons. The van der Waals surface area contributed by atoms with Gasteiger partial charge in [-0.2, -0.15) is 0 Å². The van der Waals surface area contributed by atoms with Crippen LogP contribution in [0.1, 0.15) is 23.4 Å².